The molecule has 0 amide bonds. The van der Waals surface area contributed by atoms with E-state index in [9.17, 15) is 4.39 Å². The first-order chi connectivity index (χ1) is 18.1. The lowest BCUT2D eigenvalue weighted by Gasteiger charge is -2.23. The summed E-state index contributed by atoms with van der Waals surface area (Å²) < 4.78 is 19.1. The standard InChI is InChI=1S/C30H22ClFN4O/c1-37-24-14-9-19(10-15-24)27-18-28(20-7-12-23(32)13-8-20)36(35-27)30-33-26-16-11-22(31)17-25(26)29(34-30)21-5-3-2-4-6-21/h2-17,28H,18H2,1H3/t28-/m0/s1. The highest BCUT2D eigenvalue weighted by atomic mass is 35.5. The third-order valence-electron chi connectivity index (χ3n) is 6.49. The molecule has 1 aromatic heterocycles. The second kappa shape index (κ2) is 9.64. The van der Waals surface area contributed by atoms with Crippen LogP contribution in [0.1, 0.15) is 23.6 Å². The number of hydrazone groups is 1. The summed E-state index contributed by atoms with van der Waals surface area (Å²) >= 11 is 6.34. The first-order valence-electron chi connectivity index (χ1n) is 11.9. The summed E-state index contributed by atoms with van der Waals surface area (Å²) in [6.07, 6.45) is 0.612. The highest BCUT2D eigenvalue weighted by Crippen LogP contribution is 2.38. The molecule has 5 nitrogen and oxygen atoms in total. The van der Waals surface area contributed by atoms with Gasteiger partial charge >= 0.3 is 0 Å². The van der Waals surface area contributed by atoms with Crippen molar-refractivity contribution in [2.45, 2.75) is 12.5 Å². The molecule has 0 radical (unpaired) electrons. The number of hydrogen-bond acceptors (Lipinski definition) is 5. The minimum absolute atomic E-state index is 0.203. The lowest BCUT2D eigenvalue weighted by Crippen LogP contribution is -2.21. The average Bonchev–Trinajstić information content (AvgIpc) is 3.39. The number of aromatic nitrogens is 2. The highest BCUT2D eigenvalue weighted by molar-refractivity contribution is 6.31. The van der Waals surface area contributed by atoms with Crippen molar-refractivity contribution in [3.8, 4) is 17.0 Å². The van der Waals surface area contributed by atoms with Crippen molar-refractivity contribution < 1.29 is 9.13 Å². The number of methoxy groups -OCH3 is 1. The first kappa shape index (κ1) is 23.1. The number of anilines is 1. The van der Waals surface area contributed by atoms with Crippen LogP contribution in [-0.2, 0) is 0 Å². The van der Waals surface area contributed by atoms with Gasteiger partial charge in [0.25, 0.3) is 0 Å². The van der Waals surface area contributed by atoms with Crippen LogP contribution in [0, 0.1) is 5.82 Å². The van der Waals surface area contributed by atoms with Crippen LogP contribution in [0.3, 0.4) is 0 Å². The molecule has 5 aromatic rings. The number of benzene rings is 4. The molecular formula is C30H22ClFN4O. The fourth-order valence-electron chi connectivity index (χ4n) is 4.60. The maximum atomic E-state index is 13.8. The van der Waals surface area contributed by atoms with Gasteiger partial charge in [0.2, 0.25) is 5.95 Å². The highest BCUT2D eigenvalue weighted by Gasteiger charge is 2.32. The van der Waals surface area contributed by atoms with Gasteiger partial charge in [-0.3, -0.25) is 0 Å². The normalized spacial score (nSPS) is 15.2. The van der Waals surface area contributed by atoms with Crippen molar-refractivity contribution in [2.24, 2.45) is 5.10 Å². The molecule has 1 aliphatic heterocycles. The van der Waals surface area contributed by atoms with E-state index in [0.29, 0.717) is 17.4 Å². The molecule has 0 saturated carbocycles. The van der Waals surface area contributed by atoms with E-state index in [1.54, 1.807) is 19.2 Å². The van der Waals surface area contributed by atoms with Crippen LogP contribution in [0.25, 0.3) is 22.2 Å². The Labute approximate surface area is 218 Å². The van der Waals surface area contributed by atoms with E-state index in [1.807, 2.05) is 77.8 Å². The molecule has 4 aromatic carbocycles. The molecule has 2 heterocycles. The smallest absolute Gasteiger partial charge is 0.247 e. The third-order valence-corrected chi connectivity index (χ3v) is 6.72. The van der Waals surface area contributed by atoms with Crippen LogP contribution >= 0.6 is 11.6 Å². The minimum atomic E-state index is -0.283. The van der Waals surface area contributed by atoms with Gasteiger partial charge in [-0.2, -0.15) is 5.10 Å². The average molecular weight is 509 g/mol. The Hall–Kier alpha value is -4.29. The summed E-state index contributed by atoms with van der Waals surface area (Å²) in [5.41, 5.74) is 5.28. The van der Waals surface area contributed by atoms with Gasteiger partial charge < -0.3 is 4.74 Å². The molecule has 182 valence electrons. The van der Waals surface area contributed by atoms with Gasteiger partial charge in [0.05, 0.1) is 30.1 Å². The Morgan fingerprint density at radius 3 is 2.35 bits per heavy atom. The number of nitrogens with zero attached hydrogens (tertiary/aromatic N) is 4. The van der Waals surface area contributed by atoms with Gasteiger partial charge in [0.1, 0.15) is 11.6 Å². The van der Waals surface area contributed by atoms with Crippen molar-refractivity contribution in [3.05, 3.63) is 119 Å². The van der Waals surface area contributed by atoms with Crippen molar-refractivity contribution in [1.29, 1.82) is 0 Å². The molecular weight excluding hydrogens is 487 g/mol. The fourth-order valence-corrected chi connectivity index (χ4v) is 4.78. The van der Waals surface area contributed by atoms with Crippen LogP contribution in [0.2, 0.25) is 5.02 Å². The zero-order valence-electron chi connectivity index (χ0n) is 20.0. The quantitative estimate of drug-likeness (QED) is 0.247. The zero-order valence-corrected chi connectivity index (χ0v) is 20.7. The molecule has 0 saturated heterocycles. The number of ether oxygens (including phenoxy) is 1. The molecule has 1 aliphatic rings. The largest absolute Gasteiger partial charge is 0.497 e. The van der Waals surface area contributed by atoms with E-state index >= 15 is 0 Å². The van der Waals surface area contributed by atoms with Crippen LogP contribution in [-0.4, -0.2) is 22.8 Å². The van der Waals surface area contributed by atoms with Crippen LogP contribution in [0.15, 0.2) is 102 Å². The van der Waals surface area contributed by atoms with E-state index < -0.39 is 0 Å². The van der Waals surface area contributed by atoms with Gasteiger partial charge in [-0.1, -0.05) is 54.1 Å². The van der Waals surface area contributed by atoms with Crippen molar-refractivity contribution >= 4 is 34.2 Å². The lowest BCUT2D eigenvalue weighted by atomic mass is 9.98. The van der Waals surface area contributed by atoms with Crippen molar-refractivity contribution in [1.82, 2.24) is 9.97 Å². The topological polar surface area (TPSA) is 50.6 Å². The molecule has 0 aliphatic carbocycles. The maximum Gasteiger partial charge on any atom is 0.247 e. The summed E-state index contributed by atoms with van der Waals surface area (Å²) in [5, 5.41) is 8.31. The Morgan fingerprint density at radius 2 is 1.62 bits per heavy atom. The van der Waals surface area contributed by atoms with E-state index in [-0.39, 0.29) is 11.9 Å². The summed E-state index contributed by atoms with van der Waals surface area (Å²) in [7, 11) is 1.64. The Morgan fingerprint density at radius 1 is 0.865 bits per heavy atom. The minimum Gasteiger partial charge on any atom is -0.497 e. The van der Waals surface area contributed by atoms with Gasteiger partial charge in [0.15, 0.2) is 0 Å². The van der Waals surface area contributed by atoms with E-state index in [2.05, 4.69) is 0 Å². The molecule has 6 rings (SSSR count). The second-order valence-corrected chi connectivity index (χ2v) is 9.23. The summed E-state index contributed by atoms with van der Waals surface area (Å²) in [6, 6.07) is 29.7. The molecule has 0 unspecified atom stereocenters. The summed E-state index contributed by atoms with van der Waals surface area (Å²) in [5.74, 6) is 0.958. The van der Waals surface area contributed by atoms with Crippen LogP contribution in [0.5, 0.6) is 5.75 Å². The SMILES string of the molecule is COc1ccc(C2=NN(c3nc(-c4ccccc4)c4cc(Cl)ccc4n3)[C@H](c3ccc(F)cc3)C2)cc1. The molecule has 1 atom stereocenters. The zero-order chi connectivity index (χ0) is 25.4. The van der Waals surface area contributed by atoms with E-state index in [0.717, 1.165) is 44.7 Å². The molecule has 7 heteroatoms. The molecule has 0 spiro atoms. The van der Waals surface area contributed by atoms with Gasteiger partial charge in [-0.25, -0.2) is 19.4 Å². The summed E-state index contributed by atoms with van der Waals surface area (Å²) in [6.45, 7) is 0. The number of fused-ring (bicyclic) bond motifs is 1. The number of rotatable bonds is 5. The van der Waals surface area contributed by atoms with Gasteiger partial charge in [-0.05, 0) is 65.7 Å². The molecule has 37 heavy (non-hydrogen) atoms. The van der Waals surface area contributed by atoms with Crippen LogP contribution in [0.4, 0.5) is 10.3 Å². The first-order valence-corrected chi connectivity index (χ1v) is 12.3. The fraction of sp³-hybridized carbons (Fsp3) is 0.100. The predicted octanol–water partition coefficient (Wildman–Crippen LogP) is 7.45. The van der Waals surface area contributed by atoms with E-state index in [4.69, 9.17) is 31.4 Å². The van der Waals surface area contributed by atoms with Crippen molar-refractivity contribution in [3.63, 3.8) is 0 Å². The lowest BCUT2D eigenvalue weighted by molar-refractivity contribution is 0.415. The number of hydrogen-bond donors (Lipinski definition) is 0. The number of halogens is 2. The Kier molecular flexibility index (Phi) is 6.02. The monoisotopic (exact) mass is 508 g/mol. The second-order valence-electron chi connectivity index (χ2n) is 8.79. The maximum absolute atomic E-state index is 13.8. The van der Waals surface area contributed by atoms with Gasteiger partial charge in [-0.15, -0.1) is 0 Å². The predicted molar refractivity (Wildman–Crippen MR) is 146 cm³/mol. The van der Waals surface area contributed by atoms with E-state index in [1.165, 1.54) is 12.1 Å². The Bertz CT molecular complexity index is 1610. The van der Waals surface area contributed by atoms with Gasteiger partial charge in [0, 0.05) is 22.4 Å². The third kappa shape index (κ3) is 4.52. The Balaban J connectivity index is 1.52. The van der Waals surface area contributed by atoms with Crippen LogP contribution < -0.4 is 9.75 Å². The molecule has 0 bridgehead atoms. The molecule has 0 N–H and O–H groups in total. The van der Waals surface area contributed by atoms with Crippen molar-refractivity contribution in [2.75, 3.05) is 12.1 Å². The molecule has 0 fully saturated rings. The summed E-state index contributed by atoms with van der Waals surface area (Å²) in [4.78, 5) is 9.89.